The van der Waals surface area contributed by atoms with Crippen LogP contribution in [0.3, 0.4) is 0 Å². The number of aromatic nitrogens is 2. The van der Waals surface area contributed by atoms with Gasteiger partial charge in [-0.05, 0) is 74.8 Å². The average molecular weight is 518 g/mol. The summed E-state index contributed by atoms with van der Waals surface area (Å²) in [6, 6.07) is 17.0. The van der Waals surface area contributed by atoms with Crippen molar-refractivity contribution >= 4 is 29.8 Å². The number of benzene rings is 2. The van der Waals surface area contributed by atoms with Gasteiger partial charge in [0.2, 0.25) is 0 Å². The Morgan fingerprint density at radius 2 is 1.42 bits per heavy atom. The molecule has 1 heterocycles. The van der Waals surface area contributed by atoms with Gasteiger partial charge in [-0.25, -0.2) is 0 Å². The molecule has 0 aliphatic heterocycles. The highest BCUT2D eigenvalue weighted by atomic mass is 15.5. The van der Waals surface area contributed by atoms with Gasteiger partial charge < -0.3 is 14.7 Å². The van der Waals surface area contributed by atoms with Gasteiger partial charge in [0.05, 0.1) is 18.5 Å². The van der Waals surface area contributed by atoms with E-state index in [1.165, 1.54) is 0 Å². The maximum atomic E-state index is 4.75. The Morgan fingerprint density at radius 3 is 1.95 bits per heavy atom. The molecule has 1 atom stereocenters. The predicted octanol–water partition coefficient (Wildman–Crippen LogP) is 4.59. The second-order valence-corrected chi connectivity index (χ2v) is 9.99. The van der Waals surface area contributed by atoms with Crippen molar-refractivity contribution in [3.63, 3.8) is 0 Å². The van der Waals surface area contributed by atoms with E-state index >= 15 is 0 Å². The zero-order chi connectivity index (χ0) is 27.5. The highest BCUT2D eigenvalue weighted by Crippen LogP contribution is 2.13. The van der Waals surface area contributed by atoms with Gasteiger partial charge in [0.15, 0.2) is 0 Å². The lowest BCUT2D eigenvalue weighted by Crippen LogP contribution is -2.34. The first-order valence-corrected chi connectivity index (χ1v) is 13.6. The van der Waals surface area contributed by atoms with E-state index in [1.54, 1.807) is 0 Å². The topological polar surface area (TPSA) is 55.3 Å². The van der Waals surface area contributed by atoms with Gasteiger partial charge >= 0.3 is 5.95 Å². The molecule has 0 aliphatic rings. The highest BCUT2D eigenvalue weighted by Gasteiger charge is 2.19. The molecule has 3 aromatic rings. The molecule has 1 unspecified atom stereocenters. The molecule has 0 amide bonds. The first kappa shape index (κ1) is 28.9. The van der Waals surface area contributed by atoms with E-state index in [-0.39, 0.29) is 6.04 Å². The Balaban J connectivity index is 1.80. The largest absolute Gasteiger partial charge is 0.406 e. The summed E-state index contributed by atoms with van der Waals surface area (Å²) in [6.07, 6.45) is 9.82. The highest BCUT2D eigenvalue weighted by molar-refractivity contribution is 5.80. The molecule has 3 rings (SSSR count). The van der Waals surface area contributed by atoms with Gasteiger partial charge in [-0.1, -0.05) is 38.1 Å². The second kappa shape index (κ2) is 14.3. The first-order chi connectivity index (χ1) is 18.3. The maximum absolute atomic E-state index is 4.75. The molecule has 8 nitrogen and oxygen atoms in total. The quantitative estimate of drug-likeness (QED) is 0.251. The van der Waals surface area contributed by atoms with Crippen LogP contribution in [0.2, 0.25) is 0 Å². The molecular weight excluding hydrogens is 472 g/mol. The average Bonchev–Trinajstić information content (AvgIpc) is 3.30. The van der Waals surface area contributed by atoms with E-state index in [4.69, 9.17) is 10.2 Å². The van der Waals surface area contributed by atoms with E-state index in [0.717, 1.165) is 60.9 Å². The normalized spacial score (nSPS) is 12.5. The Hall–Kier alpha value is -3.65. The Kier molecular flexibility index (Phi) is 10.9. The fraction of sp³-hybridized carbons (Fsp3) is 0.433. The van der Waals surface area contributed by atoms with E-state index in [9.17, 15) is 0 Å². The lowest BCUT2D eigenvalue weighted by atomic mass is 10.2. The summed E-state index contributed by atoms with van der Waals surface area (Å²) in [5, 5.41) is 13.2. The van der Waals surface area contributed by atoms with Crippen LogP contribution < -0.4 is 19.8 Å². The van der Waals surface area contributed by atoms with Crippen molar-refractivity contribution in [2.45, 2.75) is 39.7 Å². The van der Waals surface area contributed by atoms with Crippen LogP contribution in [0, 0.1) is 0 Å². The molecule has 0 fully saturated rings. The number of hydrogen-bond acceptors (Lipinski definition) is 6. The minimum absolute atomic E-state index is 0.273. The van der Waals surface area contributed by atoms with Crippen molar-refractivity contribution in [1.82, 2.24) is 9.58 Å². The van der Waals surface area contributed by atoms with Crippen molar-refractivity contribution in [1.29, 1.82) is 0 Å². The smallest absolute Gasteiger partial charge is 0.378 e. The maximum Gasteiger partial charge on any atom is 0.406 e. The van der Waals surface area contributed by atoms with Crippen LogP contribution in [-0.2, 0) is 0 Å². The number of nitrogens with zero attached hydrogens (tertiary/aromatic N) is 7. The van der Waals surface area contributed by atoms with Gasteiger partial charge in [0.1, 0.15) is 12.4 Å². The summed E-state index contributed by atoms with van der Waals surface area (Å²) in [7, 11) is 8.17. The number of imidazole rings is 1. The number of rotatable bonds is 14. The predicted molar refractivity (Wildman–Crippen MR) is 162 cm³/mol. The monoisotopic (exact) mass is 517 g/mol. The van der Waals surface area contributed by atoms with Crippen molar-refractivity contribution < 1.29 is 4.68 Å². The zero-order valence-electron chi connectivity index (χ0n) is 24.2. The third-order valence-corrected chi connectivity index (χ3v) is 6.65. The van der Waals surface area contributed by atoms with Crippen LogP contribution in [0.25, 0.3) is 0 Å². The SMILES string of the molecule is CCN(CC)CCCC(C)Nc1n(N=Cc2ccc(N(C)C)cc2)cc[n+]1N=Cc1ccc(N(C)C)cc1. The van der Waals surface area contributed by atoms with Gasteiger partial charge in [-0.2, -0.15) is 0 Å². The molecule has 8 heteroatoms. The van der Waals surface area contributed by atoms with Crippen LogP contribution in [0.4, 0.5) is 17.3 Å². The van der Waals surface area contributed by atoms with Crippen LogP contribution in [0.5, 0.6) is 0 Å². The Morgan fingerprint density at radius 1 is 0.868 bits per heavy atom. The van der Waals surface area contributed by atoms with Gasteiger partial charge in [-0.3, -0.25) is 5.32 Å². The summed E-state index contributed by atoms with van der Waals surface area (Å²) in [4.78, 5) is 6.64. The fourth-order valence-electron chi connectivity index (χ4n) is 4.12. The fourth-order valence-corrected chi connectivity index (χ4v) is 4.12. The molecule has 0 spiro atoms. The van der Waals surface area contributed by atoms with Crippen LogP contribution in [0.1, 0.15) is 44.7 Å². The summed E-state index contributed by atoms with van der Waals surface area (Å²) >= 11 is 0. The van der Waals surface area contributed by atoms with Crippen LogP contribution in [-0.4, -0.2) is 75.9 Å². The summed E-state index contributed by atoms with van der Waals surface area (Å²) in [5.74, 6) is 0.822. The molecule has 0 radical (unpaired) electrons. The lowest BCUT2D eigenvalue weighted by molar-refractivity contribution is -0.663. The van der Waals surface area contributed by atoms with Crippen molar-refractivity contribution in [2.24, 2.45) is 10.2 Å². The number of hydrogen-bond donors (Lipinski definition) is 1. The van der Waals surface area contributed by atoms with E-state index < -0.39 is 0 Å². The van der Waals surface area contributed by atoms with Gasteiger partial charge in [0, 0.05) is 39.6 Å². The van der Waals surface area contributed by atoms with Crippen LogP contribution >= 0.6 is 0 Å². The molecule has 0 aliphatic carbocycles. The van der Waals surface area contributed by atoms with E-state index in [0.29, 0.717) is 0 Å². The van der Waals surface area contributed by atoms with Crippen molar-refractivity contribution in [3.8, 4) is 0 Å². The summed E-state index contributed by atoms with van der Waals surface area (Å²) < 4.78 is 3.71. The molecule has 0 bridgehead atoms. The third-order valence-electron chi connectivity index (χ3n) is 6.65. The van der Waals surface area contributed by atoms with Crippen molar-refractivity contribution in [3.05, 3.63) is 72.1 Å². The molecule has 1 aromatic heterocycles. The first-order valence-electron chi connectivity index (χ1n) is 13.6. The Bertz CT molecular complexity index is 1080. The number of nitrogens with one attached hydrogen (secondary N) is 1. The summed E-state index contributed by atoms with van der Waals surface area (Å²) in [6.45, 7) is 9.96. The van der Waals surface area contributed by atoms with E-state index in [1.807, 2.05) is 62.4 Å². The molecule has 2 aromatic carbocycles. The molecule has 38 heavy (non-hydrogen) atoms. The van der Waals surface area contributed by atoms with Crippen molar-refractivity contribution in [2.75, 3.05) is 62.9 Å². The second-order valence-electron chi connectivity index (χ2n) is 9.99. The standard InChI is InChI=1S/C30H44N8/c1-8-36(9-2)20-10-11-25(3)33-30-37(31-23-26-12-16-28(17-13-26)34(4)5)21-22-38(30)32-24-27-14-18-29(19-15-27)35(6)7/h12-19,21-25H,8-11,20H2,1-7H3/p+1. The molecule has 204 valence electrons. The molecule has 0 saturated heterocycles. The third kappa shape index (κ3) is 8.45. The number of anilines is 3. The minimum Gasteiger partial charge on any atom is -0.378 e. The Labute approximate surface area is 228 Å². The minimum atomic E-state index is 0.273. The molecule has 0 saturated carbocycles. The van der Waals surface area contributed by atoms with E-state index in [2.05, 4.69) is 89.3 Å². The van der Waals surface area contributed by atoms with Crippen LogP contribution in [0.15, 0.2) is 71.1 Å². The molecule has 1 N–H and O–H groups in total. The summed E-state index contributed by atoms with van der Waals surface area (Å²) in [5.41, 5.74) is 4.40. The lowest BCUT2D eigenvalue weighted by Gasteiger charge is -2.18. The zero-order valence-corrected chi connectivity index (χ0v) is 24.2. The van der Waals surface area contributed by atoms with Gasteiger partial charge in [-0.15, -0.1) is 19.6 Å². The van der Waals surface area contributed by atoms with Gasteiger partial charge in [0.25, 0.3) is 0 Å². The molecular formula is C30H45N8+.